The summed E-state index contributed by atoms with van der Waals surface area (Å²) in [6.07, 6.45) is 0. The molecule has 0 radical (unpaired) electrons. The largest absolute Gasteiger partial charge is 0.495 e. The molecule has 0 saturated carbocycles. The Morgan fingerprint density at radius 1 is 1.07 bits per heavy atom. The highest BCUT2D eigenvalue weighted by molar-refractivity contribution is 7.10. The molecular formula is C22H20N2O3S. The van der Waals surface area contributed by atoms with E-state index in [2.05, 4.69) is 5.32 Å². The van der Waals surface area contributed by atoms with Crippen LogP contribution < -0.4 is 10.1 Å². The van der Waals surface area contributed by atoms with Crippen LogP contribution in [0.1, 0.15) is 32.8 Å². The minimum Gasteiger partial charge on any atom is -0.495 e. The van der Waals surface area contributed by atoms with Gasteiger partial charge in [-0.25, -0.2) is 0 Å². The second-order valence-electron chi connectivity index (χ2n) is 6.63. The van der Waals surface area contributed by atoms with Gasteiger partial charge in [0.05, 0.1) is 24.8 Å². The highest BCUT2D eigenvalue weighted by Crippen LogP contribution is 2.44. The Balaban J connectivity index is 1.79. The molecule has 5 nitrogen and oxygen atoms in total. The van der Waals surface area contributed by atoms with E-state index in [0.29, 0.717) is 17.0 Å². The fraction of sp³-hybridized carbons (Fsp3) is 0.182. The molecule has 0 fully saturated rings. The van der Waals surface area contributed by atoms with E-state index in [9.17, 15) is 9.59 Å². The molecule has 2 amide bonds. The summed E-state index contributed by atoms with van der Waals surface area (Å²) in [4.78, 5) is 29.0. The lowest BCUT2D eigenvalue weighted by Crippen LogP contribution is -2.43. The van der Waals surface area contributed by atoms with E-state index in [1.807, 2.05) is 47.8 Å². The third kappa shape index (κ3) is 3.05. The zero-order valence-electron chi connectivity index (χ0n) is 15.6. The van der Waals surface area contributed by atoms with Gasteiger partial charge in [0.15, 0.2) is 0 Å². The van der Waals surface area contributed by atoms with Crippen LogP contribution >= 0.6 is 11.3 Å². The molecule has 0 saturated heterocycles. The predicted molar refractivity (Wildman–Crippen MR) is 110 cm³/mol. The van der Waals surface area contributed by atoms with Gasteiger partial charge in [-0.05, 0) is 35.2 Å². The Kier molecular flexibility index (Phi) is 4.88. The predicted octanol–water partition coefficient (Wildman–Crippen LogP) is 4.31. The zero-order chi connectivity index (χ0) is 19.7. The third-order valence-corrected chi connectivity index (χ3v) is 6.00. The lowest BCUT2D eigenvalue weighted by atomic mass is 9.81. The number of benzene rings is 2. The van der Waals surface area contributed by atoms with Crippen LogP contribution in [-0.2, 0) is 4.79 Å². The number of methoxy groups -OCH3 is 1. The molecule has 1 aromatic heterocycles. The number of hydrogen-bond acceptors (Lipinski definition) is 4. The summed E-state index contributed by atoms with van der Waals surface area (Å²) >= 11 is 1.55. The van der Waals surface area contributed by atoms with Crippen LogP contribution in [0.5, 0.6) is 5.75 Å². The second kappa shape index (κ2) is 7.48. The van der Waals surface area contributed by atoms with Crippen LogP contribution in [0.15, 0.2) is 66.0 Å². The number of fused-ring (bicyclic) bond motifs is 1. The van der Waals surface area contributed by atoms with Gasteiger partial charge in [-0.3, -0.25) is 9.59 Å². The Hall–Kier alpha value is -3.12. The molecule has 142 valence electrons. The number of carbonyl (C=O) groups is 2. The van der Waals surface area contributed by atoms with E-state index in [1.54, 1.807) is 48.6 Å². The van der Waals surface area contributed by atoms with Crippen LogP contribution in [0.4, 0.5) is 5.69 Å². The minimum atomic E-state index is -0.525. The molecule has 2 heterocycles. The number of hydrogen-bond donors (Lipinski definition) is 1. The topological polar surface area (TPSA) is 58.6 Å². The van der Waals surface area contributed by atoms with Crippen LogP contribution in [0.25, 0.3) is 0 Å². The van der Waals surface area contributed by atoms with Crippen molar-refractivity contribution in [1.82, 2.24) is 4.90 Å². The van der Waals surface area contributed by atoms with Crippen molar-refractivity contribution in [3.63, 3.8) is 0 Å². The van der Waals surface area contributed by atoms with Gasteiger partial charge in [-0.1, -0.05) is 36.4 Å². The van der Waals surface area contributed by atoms with Crippen molar-refractivity contribution in [3.05, 3.63) is 82.0 Å². The molecule has 0 unspecified atom stereocenters. The summed E-state index contributed by atoms with van der Waals surface area (Å²) in [7, 11) is 3.33. The Morgan fingerprint density at radius 3 is 2.57 bits per heavy atom. The molecule has 2 atom stereocenters. The summed E-state index contributed by atoms with van der Waals surface area (Å²) < 4.78 is 5.36. The SMILES string of the molecule is COc1ccccc1NC(=O)[C@H]1c2ccccc2C(=O)N(C)[C@@H]1c1cccs1. The lowest BCUT2D eigenvalue weighted by molar-refractivity contribution is -0.119. The maximum absolute atomic E-state index is 13.5. The number of carbonyl (C=O) groups excluding carboxylic acids is 2. The number of para-hydroxylation sites is 2. The van der Waals surface area contributed by atoms with Gasteiger partial charge in [0.2, 0.25) is 5.91 Å². The fourth-order valence-corrected chi connectivity index (χ4v) is 4.64. The third-order valence-electron chi connectivity index (χ3n) is 5.06. The van der Waals surface area contributed by atoms with Gasteiger partial charge < -0.3 is 15.0 Å². The zero-order valence-corrected chi connectivity index (χ0v) is 16.4. The molecule has 3 aromatic rings. The summed E-state index contributed by atoms with van der Waals surface area (Å²) in [6.45, 7) is 0. The first kappa shape index (κ1) is 18.3. The molecule has 6 heteroatoms. The number of anilines is 1. The van der Waals surface area contributed by atoms with E-state index >= 15 is 0 Å². The maximum Gasteiger partial charge on any atom is 0.254 e. The molecule has 0 spiro atoms. The Morgan fingerprint density at radius 2 is 1.82 bits per heavy atom. The summed E-state index contributed by atoms with van der Waals surface area (Å²) in [5.74, 6) is -0.176. The summed E-state index contributed by atoms with van der Waals surface area (Å²) in [6, 6.07) is 18.2. The monoisotopic (exact) mass is 392 g/mol. The van der Waals surface area contributed by atoms with Gasteiger partial charge in [-0.15, -0.1) is 11.3 Å². The molecule has 1 aliphatic rings. The first-order valence-electron chi connectivity index (χ1n) is 8.95. The van der Waals surface area contributed by atoms with Crippen molar-refractivity contribution in [2.24, 2.45) is 0 Å². The van der Waals surface area contributed by atoms with Gasteiger partial charge in [-0.2, -0.15) is 0 Å². The highest BCUT2D eigenvalue weighted by atomic mass is 32.1. The fourth-order valence-electron chi connectivity index (χ4n) is 3.73. The van der Waals surface area contributed by atoms with Gasteiger partial charge in [0, 0.05) is 17.5 Å². The number of nitrogens with one attached hydrogen (secondary N) is 1. The average molecular weight is 392 g/mol. The van der Waals surface area contributed by atoms with E-state index in [0.717, 1.165) is 10.4 Å². The van der Waals surface area contributed by atoms with Gasteiger partial charge in [0.1, 0.15) is 5.75 Å². The number of rotatable bonds is 4. The molecule has 0 aliphatic carbocycles. The number of likely N-dealkylation sites (N-methyl/N-ethyl adjacent to an activating group) is 1. The van der Waals surface area contributed by atoms with E-state index in [-0.39, 0.29) is 17.9 Å². The maximum atomic E-state index is 13.5. The van der Waals surface area contributed by atoms with Crippen LogP contribution in [0.3, 0.4) is 0 Å². The lowest BCUT2D eigenvalue weighted by Gasteiger charge is -2.39. The van der Waals surface area contributed by atoms with E-state index in [1.165, 1.54) is 0 Å². The van der Waals surface area contributed by atoms with Gasteiger partial charge in [0.25, 0.3) is 5.91 Å². The Bertz CT molecular complexity index is 1020. The molecule has 0 bridgehead atoms. The number of thiophene rings is 1. The number of amides is 2. The van der Waals surface area contributed by atoms with Crippen molar-refractivity contribution >= 4 is 28.8 Å². The van der Waals surface area contributed by atoms with Crippen LogP contribution in [-0.4, -0.2) is 30.9 Å². The Labute approximate surface area is 167 Å². The van der Waals surface area contributed by atoms with Crippen molar-refractivity contribution in [1.29, 1.82) is 0 Å². The van der Waals surface area contributed by atoms with Crippen molar-refractivity contribution < 1.29 is 14.3 Å². The van der Waals surface area contributed by atoms with E-state index < -0.39 is 5.92 Å². The minimum absolute atomic E-state index is 0.0738. The first-order valence-corrected chi connectivity index (χ1v) is 9.83. The van der Waals surface area contributed by atoms with Gasteiger partial charge >= 0.3 is 0 Å². The highest BCUT2D eigenvalue weighted by Gasteiger charge is 2.43. The van der Waals surface area contributed by atoms with E-state index in [4.69, 9.17) is 4.74 Å². The number of ether oxygens (including phenoxy) is 1. The smallest absolute Gasteiger partial charge is 0.254 e. The van der Waals surface area contributed by atoms with Crippen LogP contribution in [0, 0.1) is 0 Å². The normalized spacial score (nSPS) is 18.5. The quantitative estimate of drug-likeness (QED) is 0.720. The van der Waals surface area contributed by atoms with Crippen molar-refractivity contribution in [2.75, 3.05) is 19.5 Å². The molecule has 1 N–H and O–H groups in total. The summed E-state index contributed by atoms with van der Waals surface area (Å²) in [5, 5.41) is 4.96. The number of nitrogens with zero attached hydrogens (tertiary/aromatic N) is 1. The average Bonchev–Trinajstić information content (AvgIpc) is 3.25. The summed E-state index contributed by atoms with van der Waals surface area (Å²) in [5.41, 5.74) is 1.92. The molecule has 28 heavy (non-hydrogen) atoms. The molecule has 4 rings (SSSR count). The standard InChI is InChI=1S/C22H20N2O3S/c1-24-20(18-12-7-13-28-18)19(14-8-3-4-9-15(14)22(24)26)21(25)23-16-10-5-6-11-17(16)27-2/h3-13,19-20H,1-2H3,(H,23,25)/t19-,20+/m0/s1. The molecule has 2 aromatic carbocycles. The second-order valence-corrected chi connectivity index (χ2v) is 7.61. The molecular weight excluding hydrogens is 372 g/mol. The first-order chi connectivity index (χ1) is 13.6. The molecule has 1 aliphatic heterocycles. The van der Waals surface area contributed by atoms with Crippen molar-refractivity contribution in [2.45, 2.75) is 12.0 Å². The van der Waals surface area contributed by atoms with Crippen molar-refractivity contribution in [3.8, 4) is 5.75 Å². The van der Waals surface area contributed by atoms with Crippen LogP contribution in [0.2, 0.25) is 0 Å².